The van der Waals surface area contributed by atoms with Crippen LogP contribution in [0.4, 0.5) is 10.7 Å². The Morgan fingerprint density at radius 3 is 2.36 bits per heavy atom. The number of amides is 3. The molecule has 8 heteroatoms. The monoisotopic (exact) mass is 386 g/mol. The second kappa shape index (κ2) is 6.90. The number of fused-ring (bicyclic) bond motifs is 1. The second-order valence-corrected chi connectivity index (χ2v) is 8.57. The largest absolute Gasteiger partial charge is 0.342 e. The average Bonchev–Trinajstić information content (AvgIpc) is 3.21. The third-order valence-corrected chi connectivity index (χ3v) is 7.06. The number of urea groups is 1. The molecule has 4 rings (SSSR count). The maximum atomic E-state index is 13.5. The molecule has 3 saturated heterocycles. The molecule has 1 aromatic rings. The van der Waals surface area contributed by atoms with Gasteiger partial charge in [0.2, 0.25) is 11.9 Å². The molecule has 3 aliphatic heterocycles. The van der Waals surface area contributed by atoms with Gasteiger partial charge in [0, 0.05) is 71.2 Å². The van der Waals surface area contributed by atoms with E-state index in [1.54, 1.807) is 31.4 Å². The van der Waals surface area contributed by atoms with E-state index in [0.717, 1.165) is 38.9 Å². The summed E-state index contributed by atoms with van der Waals surface area (Å²) < 4.78 is 0. The molecule has 0 radical (unpaired) electrons. The fourth-order valence-corrected chi connectivity index (χ4v) is 5.48. The minimum atomic E-state index is -0.393. The van der Waals surface area contributed by atoms with Gasteiger partial charge in [-0.15, -0.1) is 0 Å². The normalized spacial score (nSPS) is 26.5. The fourth-order valence-electron chi connectivity index (χ4n) is 5.48. The van der Waals surface area contributed by atoms with Crippen molar-refractivity contribution in [3.05, 3.63) is 18.5 Å². The Labute approximate surface area is 166 Å². The quantitative estimate of drug-likeness (QED) is 0.766. The van der Waals surface area contributed by atoms with Crippen LogP contribution in [0.1, 0.15) is 26.2 Å². The van der Waals surface area contributed by atoms with Crippen LogP contribution in [-0.2, 0) is 4.79 Å². The van der Waals surface area contributed by atoms with Crippen molar-refractivity contribution in [1.82, 2.24) is 24.7 Å². The average molecular weight is 387 g/mol. The zero-order valence-corrected chi connectivity index (χ0v) is 17.1. The van der Waals surface area contributed by atoms with Crippen LogP contribution in [0.15, 0.2) is 18.5 Å². The molecule has 2 spiro atoms. The van der Waals surface area contributed by atoms with Gasteiger partial charge in [0.25, 0.3) is 0 Å². The van der Waals surface area contributed by atoms with E-state index in [0.29, 0.717) is 25.6 Å². The molecule has 4 heterocycles. The highest BCUT2D eigenvalue weighted by Gasteiger charge is 2.65. The smallest absolute Gasteiger partial charge is 0.319 e. The number of nitrogens with zero attached hydrogens (tertiary/aromatic N) is 6. The highest BCUT2D eigenvalue weighted by molar-refractivity contribution is 5.87. The van der Waals surface area contributed by atoms with E-state index in [1.165, 1.54) is 0 Å². The van der Waals surface area contributed by atoms with Crippen LogP contribution in [-0.4, -0.2) is 90.0 Å². The topological polar surface area (TPSA) is 72.9 Å². The van der Waals surface area contributed by atoms with Gasteiger partial charge in [-0.1, -0.05) is 0 Å². The zero-order chi connectivity index (χ0) is 19.9. The number of rotatable bonds is 2. The first-order valence-electron chi connectivity index (χ1n) is 10.2. The summed E-state index contributed by atoms with van der Waals surface area (Å²) in [4.78, 5) is 42.5. The third kappa shape index (κ3) is 2.72. The number of hydrogen-bond acceptors (Lipinski definition) is 5. The van der Waals surface area contributed by atoms with Crippen LogP contribution in [0.25, 0.3) is 0 Å². The van der Waals surface area contributed by atoms with Gasteiger partial charge in [0.05, 0.1) is 5.41 Å². The first-order valence-corrected chi connectivity index (χ1v) is 10.2. The Bertz CT molecular complexity index is 746. The lowest BCUT2D eigenvalue weighted by atomic mass is 9.60. The molecule has 1 unspecified atom stereocenters. The number of carbonyl (C=O) groups excluding carboxylic acids is 2. The number of aromatic nitrogens is 2. The molecular formula is C20H30N6O2. The van der Waals surface area contributed by atoms with Crippen molar-refractivity contribution in [1.29, 1.82) is 0 Å². The molecule has 0 bridgehead atoms. The molecule has 1 atom stereocenters. The van der Waals surface area contributed by atoms with Gasteiger partial charge < -0.3 is 19.6 Å². The number of anilines is 1. The van der Waals surface area contributed by atoms with Crippen LogP contribution in [0.3, 0.4) is 0 Å². The summed E-state index contributed by atoms with van der Waals surface area (Å²) in [6.45, 7) is 6.47. The van der Waals surface area contributed by atoms with E-state index >= 15 is 0 Å². The molecule has 0 saturated carbocycles. The Kier molecular flexibility index (Phi) is 4.67. The van der Waals surface area contributed by atoms with Crippen LogP contribution in [0.2, 0.25) is 0 Å². The van der Waals surface area contributed by atoms with Crippen LogP contribution < -0.4 is 4.90 Å². The van der Waals surface area contributed by atoms with Crippen molar-refractivity contribution in [2.45, 2.75) is 26.2 Å². The molecule has 8 nitrogen and oxygen atoms in total. The molecule has 3 aliphatic rings. The Hall–Kier alpha value is -2.38. The van der Waals surface area contributed by atoms with E-state index < -0.39 is 5.41 Å². The molecule has 0 aromatic carbocycles. The lowest BCUT2D eigenvalue weighted by Gasteiger charge is -2.47. The molecule has 1 aromatic heterocycles. The maximum absolute atomic E-state index is 13.5. The van der Waals surface area contributed by atoms with E-state index in [2.05, 4.69) is 21.8 Å². The van der Waals surface area contributed by atoms with Crippen molar-refractivity contribution < 1.29 is 9.59 Å². The highest BCUT2D eigenvalue weighted by atomic mass is 16.2. The van der Waals surface area contributed by atoms with Gasteiger partial charge in [-0.05, 0) is 32.3 Å². The first kappa shape index (κ1) is 19.0. The summed E-state index contributed by atoms with van der Waals surface area (Å²) in [5.41, 5.74) is -0.522. The van der Waals surface area contributed by atoms with Gasteiger partial charge in [-0.25, -0.2) is 14.8 Å². The van der Waals surface area contributed by atoms with Crippen molar-refractivity contribution in [3.63, 3.8) is 0 Å². The van der Waals surface area contributed by atoms with E-state index in [1.807, 2.05) is 15.9 Å². The maximum Gasteiger partial charge on any atom is 0.319 e. The predicted octanol–water partition coefficient (Wildman–Crippen LogP) is 1.30. The van der Waals surface area contributed by atoms with Gasteiger partial charge in [0.1, 0.15) is 0 Å². The molecular weight excluding hydrogens is 356 g/mol. The summed E-state index contributed by atoms with van der Waals surface area (Å²) in [7, 11) is 3.58. The van der Waals surface area contributed by atoms with Gasteiger partial charge in [-0.3, -0.25) is 4.79 Å². The number of hydrogen-bond donors (Lipinski definition) is 0. The standard InChI is InChI=1S/C20H30N6O2/c1-4-24-13-8-20(16(24)27)15-26(17-21-9-5-10-22-17)14-19(20)6-11-25(12-7-19)18(28)23(2)3/h5,9-10H,4,6-8,11-15H2,1-3H3. The lowest BCUT2D eigenvalue weighted by molar-refractivity contribution is -0.141. The van der Waals surface area contributed by atoms with E-state index in [4.69, 9.17) is 0 Å². The van der Waals surface area contributed by atoms with Crippen LogP contribution >= 0.6 is 0 Å². The number of carbonyl (C=O) groups is 2. The molecule has 3 fully saturated rings. The van der Waals surface area contributed by atoms with Crippen molar-refractivity contribution >= 4 is 17.9 Å². The van der Waals surface area contributed by atoms with Crippen molar-refractivity contribution in [2.75, 3.05) is 58.3 Å². The Morgan fingerprint density at radius 2 is 1.79 bits per heavy atom. The van der Waals surface area contributed by atoms with Gasteiger partial charge >= 0.3 is 6.03 Å². The van der Waals surface area contributed by atoms with E-state index in [9.17, 15) is 9.59 Å². The third-order valence-electron chi connectivity index (χ3n) is 7.06. The molecule has 152 valence electrons. The molecule has 0 aliphatic carbocycles. The highest BCUT2D eigenvalue weighted by Crippen LogP contribution is 2.58. The Balaban J connectivity index is 1.64. The second-order valence-electron chi connectivity index (χ2n) is 8.57. The molecule has 28 heavy (non-hydrogen) atoms. The molecule has 3 amide bonds. The van der Waals surface area contributed by atoms with Crippen molar-refractivity contribution in [2.24, 2.45) is 10.8 Å². The predicted molar refractivity (Wildman–Crippen MR) is 106 cm³/mol. The lowest BCUT2D eigenvalue weighted by Crippen LogP contribution is -2.54. The fraction of sp³-hybridized carbons (Fsp3) is 0.700. The van der Waals surface area contributed by atoms with Gasteiger partial charge in [0.15, 0.2) is 0 Å². The first-order chi connectivity index (χ1) is 13.4. The van der Waals surface area contributed by atoms with Gasteiger partial charge in [-0.2, -0.15) is 0 Å². The number of likely N-dealkylation sites (tertiary alicyclic amines) is 2. The summed E-state index contributed by atoms with van der Waals surface area (Å²) in [6.07, 6.45) is 6.09. The minimum Gasteiger partial charge on any atom is -0.342 e. The van der Waals surface area contributed by atoms with Crippen LogP contribution in [0, 0.1) is 10.8 Å². The van der Waals surface area contributed by atoms with E-state index in [-0.39, 0.29) is 17.4 Å². The SMILES string of the molecule is CCN1CCC2(CN(c3ncccn3)CC23CCN(C(=O)N(C)C)CC3)C1=O. The zero-order valence-electron chi connectivity index (χ0n) is 17.1. The minimum absolute atomic E-state index is 0.0538. The Morgan fingerprint density at radius 1 is 1.11 bits per heavy atom. The number of piperidine rings is 1. The summed E-state index contributed by atoms with van der Waals surface area (Å²) >= 11 is 0. The summed E-state index contributed by atoms with van der Waals surface area (Å²) in [5, 5.41) is 0. The van der Waals surface area contributed by atoms with Crippen LogP contribution in [0.5, 0.6) is 0 Å². The summed E-state index contributed by atoms with van der Waals surface area (Å²) in [6, 6.07) is 1.87. The molecule has 0 N–H and O–H groups in total. The summed E-state index contributed by atoms with van der Waals surface area (Å²) in [5.74, 6) is 0.981. The van der Waals surface area contributed by atoms with Crippen molar-refractivity contribution in [3.8, 4) is 0 Å².